The molecule has 0 saturated heterocycles. The number of hydrogen-bond donors (Lipinski definition) is 5. The fraction of sp³-hybridized carbons (Fsp3) is 0.667. The van der Waals surface area contributed by atoms with Crippen LogP contribution in [0.15, 0.2) is 12.4 Å². The maximum atomic E-state index is 9.51. The third-order valence-electron chi connectivity index (χ3n) is 2.75. The lowest BCUT2D eigenvalue weighted by Gasteiger charge is -2.14. The number of hydrogen-bond acceptors (Lipinski definition) is 7. The summed E-state index contributed by atoms with van der Waals surface area (Å²) >= 11 is 0. The Kier molecular flexibility index (Phi) is 6.82. The van der Waals surface area contributed by atoms with Crippen LogP contribution in [0.3, 0.4) is 0 Å². The Morgan fingerprint density at radius 3 is 2.05 bits per heavy atom. The molecule has 0 aliphatic rings. The van der Waals surface area contributed by atoms with Crippen molar-refractivity contribution < 1.29 is 25.5 Å². The van der Waals surface area contributed by atoms with E-state index in [4.69, 9.17) is 10.2 Å². The zero-order valence-corrected chi connectivity index (χ0v) is 10.6. The summed E-state index contributed by atoms with van der Waals surface area (Å²) in [7, 11) is 0. The summed E-state index contributed by atoms with van der Waals surface area (Å²) in [5.41, 5.74) is 1.18. The van der Waals surface area contributed by atoms with Gasteiger partial charge >= 0.3 is 0 Å². The summed E-state index contributed by atoms with van der Waals surface area (Å²) in [6.45, 7) is -0.789. The maximum Gasteiger partial charge on any atom is 0.103 e. The SMILES string of the molecule is OCC(O)CCc1cnc(CC(O)C(O)CO)cn1. The lowest BCUT2D eigenvalue weighted by molar-refractivity contribution is -0.0137. The molecule has 3 unspecified atom stereocenters. The van der Waals surface area contributed by atoms with E-state index in [2.05, 4.69) is 9.97 Å². The Balaban J connectivity index is 2.47. The number of aryl methyl sites for hydroxylation is 1. The molecule has 1 aromatic heterocycles. The van der Waals surface area contributed by atoms with E-state index >= 15 is 0 Å². The van der Waals surface area contributed by atoms with Crippen molar-refractivity contribution in [2.45, 2.75) is 37.6 Å². The van der Waals surface area contributed by atoms with Gasteiger partial charge in [0.15, 0.2) is 0 Å². The van der Waals surface area contributed by atoms with Crippen LogP contribution in [0.4, 0.5) is 0 Å². The second-order valence-corrected chi connectivity index (χ2v) is 4.40. The zero-order chi connectivity index (χ0) is 14.3. The van der Waals surface area contributed by atoms with Gasteiger partial charge in [-0.15, -0.1) is 0 Å². The van der Waals surface area contributed by atoms with Gasteiger partial charge in [-0.25, -0.2) is 0 Å². The van der Waals surface area contributed by atoms with Crippen molar-refractivity contribution in [2.24, 2.45) is 0 Å². The number of aliphatic hydroxyl groups is 5. The molecule has 7 nitrogen and oxygen atoms in total. The predicted octanol–water partition coefficient (Wildman–Crippen LogP) is -1.98. The second-order valence-electron chi connectivity index (χ2n) is 4.40. The molecule has 0 aromatic carbocycles. The van der Waals surface area contributed by atoms with E-state index < -0.39 is 24.9 Å². The summed E-state index contributed by atoms with van der Waals surface area (Å²) in [5, 5.41) is 45.3. The average Bonchev–Trinajstić information content (AvgIpc) is 2.45. The van der Waals surface area contributed by atoms with Crippen molar-refractivity contribution >= 4 is 0 Å². The van der Waals surface area contributed by atoms with Gasteiger partial charge in [-0.1, -0.05) is 0 Å². The summed E-state index contributed by atoms with van der Waals surface area (Å²) in [6, 6.07) is 0. The van der Waals surface area contributed by atoms with Gasteiger partial charge in [-0.2, -0.15) is 0 Å². The Bertz CT molecular complexity index is 360. The van der Waals surface area contributed by atoms with Crippen LogP contribution in [0.25, 0.3) is 0 Å². The van der Waals surface area contributed by atoms with E-state index in [-0.39, 0.29) is 13.0 Å². The molecule has 0 saturated carbocycles. The van der Waals surface area contributed by atoms with Crippen LogP contribution in [0.2, 0.25) is 0 Å². The van der Waals surface area contributed by atoms with Gasteiger partial charge in [0.25, 0.3) is 0 Å². The molecule has 1 heterocycles. The first-order valence-electron chi connectivity index (χ1n) is 6.12. The molecule has 3 atom stereocenters. The number of aromatic nitrogens is 2. The molecule has 0 bridgehead atoms. The van der Waals surface area contributed by atoms with E-state index in [1.807, 2.05) is 0 Å². The van der Waals surface area contributed by atoms with E-state index in [1.54, 1.807) is 0 Å². The van der Waals surface area contributed by atoms with Crippen LogP contribution in [0, 0.1) is 0 Å². The van der Waals surface area contributed by atoms with Crippen LogP contribution < -0.4 is 0 Å². The van der Waals surface area contributed by atoms with Crippen molar-refractivity contribution in [1.82, 2.24) is 9.97 Å². The molecule has 5 N–H and O–H groups in total. The lowest BCUT2D eigenvalue weighted by Crippen LogP contribution is -2.31. The molecule has 0 spiro atoms. The molecule has 0 fully saturated rings. The van der Waals surface area contributed by atoms with Crippen LogP contribution in [-0.4, -0.2) is 67.0 Å². The molecule has 7 heteroatoms. The third-order valence-corrected chi connectivity index (χ3v) is 2.75. The summed E-state index contributed by atoms with van der Waals surface area (Å²) in [6.07, 6.45) is 0.970. The molecule has 1 aromatic rings. The maximum absolute atomic E-state index is 9.51. The first-order valence-corrected chi connectivity index (χ1v) is 6.12. The van der Waals surface area contributed by atoms with Gasteiger partial charge in [-0.05, 0) is 12.8 Å². The number of aliphatic hydroxyl groups excluding tert-OH is 5. The van der Waals surface area contributed by atoms with Gasteiger partial charge in [0.05, 0.1) is 36.8 Å². The lowest BCUT2D eigenvalue weighted by atomic mass is 10.1. The first kappa shape index (κ1) is 15.9. The van der Waals surface area contributed by atoms with E-state index in [0.717, 1.165) is 0 Å². The fourth-order valence-electron chi connectivity index (χ4n) is 1.49. The normalized spacial score (nSPS) is 16.1. The Morgan fingerprint density at radius 1 is 0.895 bits per heavy atom. The Hall–Kier alpha value is -1.12. The van der Waals surface area contributed by atoms with Crippen molar-refractivity contribution in [3.8, 4) is 0 Å². The van der Waals surface area contributed by atoms with Crippen molar-refractivity contribution in [3.05, 3.63) is 23.8 Å². The highest BCUT2D eigenvalue weighted by atomic mass is 16.4. The van der Waals surface area contributed by atoms with Crippen molar-refractivity contribution in [3.63, 3.8) is 0 Å². The van der Waals surface area contributed by atoms with Crippen LogP contribution in [-0.2, 0) is 12.8 Å². The van der Waals surface area contributed by atoms with Crippen LogP contribution in [0.5, 0.6) is 0 Å². The van der Waals surface area contributed by atoms with Gasteiger partial charge < -0.3 is 25.5 Å². The standard InChI is InChI=1S/C12H20N2O5/c15-6-10(17)2-1-8-4-14-9(5-13-8)3-11(18)12(19)7-16/h4-5,10-12,15-19H,1-3,6-7H2. The van der Waals surface area contributed by atoms with Gasteiger partial charge in [0, 0.05) is 18.8 Å². The highest BCUT2D eigenvalue weighted by Gasteiger charge is 2.16. The van der Waals surface area contributed by atoms with Gasteiger partial charge in [0.2, 0.25) is 0 Å². The monoisotopic (exact) mass is 272 g/mol. The predicted molar refractivity (Wildman–Crippen MR) is 66.2 cm³/mol. The molecule has 108 valence electrons. The fourth-order valence-corrected chi connectivity index (χ4v) is 1.49. The Morgan fingerprint density at radius 2 is 1.53 bits per heavy atom. The topological polar surface area (TPSA) is 127 Å². The molecule has 1 rings (SSSR count). The highest BCUT2D eigenvalue weighted by Crippen LogP contribution is 2.05. The average molecular weight is 272 g/mol. The van der Waals surface area contributed by atoms with E-state index in [9.17, 15) is 15.3 Å². The Labute approximate surface area is 111 Å². The van der Waals surface area contributed by atoms with E-state index in [1.165, 1.54) is 12.4 Å². The summed E-state index contributed by atoms with van der Waals surface area (Å²) < 4.78 is 0. The molecule has 0 amide bonds. The smallest absolute Gasteiger partial charge is 0.103 e. The van der Waals surface area contributed by atoms with Crippen LogP contribution >= 0.6 is 0 Å². The molecule has 19 heavy (non-hydrogen) atoms. The quantitative estimate of drug-likeness (QED) is 0.371. The highest BCUT2D eigenvalue weighted by molar-refractivity contribution is 5.04. The minimum atomic E-state index is -1.19. The molecular formula is C12H20N2O5. The second kappa shape index (κ2) is 8.13. The van der Waals surface area contributed by atoms with Crippen LogP contribution in [0.1, 0.15) is 17.8 Å². The van der Waals surface area contributed by atoms with Crippen molar-refractivity contribution in [1.29, 1.82) is 0 Å². The molecular weight excluding hydrogens is 252 g/mol. The van der Waals surface area contributed by atoms with Gasteiger partial charge in [-0.3, -0.25) is 9.97 Å². The first-order chi connectivity index (χ1) is 9.06. The third kappa shape index (κ3) is 5.58. The largest absolute Gasteiger partial charge is 0.394 e. The molecule has 0 aliphatic carbocycles. The molecule has 0 aliphatic heterocycles. The number of nitrogens with zero attached hydrogens (tertiary/aromatic N) is 2. The van der Waals surface area contributed by atoms with Gasteiger partial charge in [0.1, 0.15) is 6.10 Å². The minimum absolute atomic E-state index is 0.105. The van der Waals surface area contributed by atoms with Crippen molar-refractivity contribution in [2.75, 3.05) is 13.2 Å². The van der Waals surface area contributed by atoms with E-state index in [0.29, 0.717) is 24.2 Å². The summed E-state index contributed by atoms with van der Waals surface area (Å²) in [5.74, 6) is 0. The molecule has 0 radical (unpaired) electrons. The summed E-state index contributed by atoms with van der Waals surface area (Å²) in [4.78, 5) is 8.19. The number of rotatable bonds is 8. The zero-order valence-electron chi connectivity index (χ0n) is 10.6. The minimum Gasteiger partial charge on any atom is -0.394 e.